The highest BCUT2D eigenvalue weighted by atomic mass is 19.1. The topological polar surface area (TPSA) is 64.6 Å². The molecule has 0 aliphatic rings. The van der Waals surface area contributed by atoms with E-state index in [4.69, 9.17) is 9.47 Å². The largest absolute Gasteiger partial charge is 0.495 e. The minimum absolute atomic E-state index is 0.0352. The first-order valence-corrected chi connectivity index (χ1v) is 7.37. The van der Waals surface area contributed by atoms with Gasteiger partial charge in [0.1, 0.15) is 11.6 Å². The molecule has 0 aliphatic heterocycles. The molecule has 2 rings (SSSR count). The zero-order valence-corrected chi connectivity index (χ0v) is 13.4. The summed E-state index contributed by atoms with van der Waals surface area (Å²) in [5, 5.41) is 2.65. The Morgan fingerprint density at radius 2 is 1.79 bits per heavy atom. The minimum atomic E-state index is -0.970. The van der Waals surface area contributed by atoms with Crippen LogP contribution in [0.4, 0.5) is 10.1 Å². The van der Waals surface area contributed by atoms with Gasteiger partial charge in [0.2, 0.25) is 0 Å². The van der Waals surface area contributed by atoms with E-state index in [1.165, 1.54) is 38.3 Å². The highest BCUT2D eigenvalue weighted by Gasteiger charge is 2.19. The zero-order valence-electron chi connectivity index (χ0n) is 13.4. The molecule has 0 saturated carbocycles. The number of amides is 1. The Labute approximate surface area is 139 Å². The summed E-state index contributed by atoms with van der Waals surface area (Å²) in [5.74, 6) is -0.899. The van der Waals surface area contributed by atoms with Crippen molar-refractivity contribution in [3.63, 3.8) is 0 Å². The van der Waals surface area contributed by atoms with Crippen molar-refractivity contribution in [3.8, 4) is 5.75 Å². The van der Waals surface area contributed by atoms with Gasteiger partial charge in [0, 0.05) is 0 Å². The van der Waals surface area contributed by atoms with Crippen molar-refractivity contribution in [3.05, 3.63) is 59.9 Å². The second-order valence-corrected chi connectivity index (χ2v) is 5.12. The molecule has 0 unspecified atom stereocenters. The Bertz CT molecular complexity index is 715. The Hall–Kier alpha value is -2.89. The number of carbonyl (C=O) groups is 2. The Morgan fingerprint density at radius 1 is 1.12 bits per heavy atom. The second-order valence-electron chi connectivity index (χ2n) is 5.12. The lowest BCUT2D eigenvalue weighted by Crippen LogP contribution is -2.30. The van der Waals surface area contributed by atoms with Crippen LogP contribution >= 0.6 is 0 Å². The minimum Gasteiger partial charge on any atom is -0.495 e. The maximum atomic E-state index is 12.8. The van der Waals surface area contributed by atoms with Crippen molar-refractivity contribution >= 4 is 17.6 Å². The summed E-state index contributed by atoms with van der Waals surface area (Å²) in [6, 6.07) is 12.4. The van der Waals surface area contributed by atoms with Crippen molar-refractivity contribution in [2.24, 2.45) is 0 Å². The summed E-state index contributed by atoms with van der Waals surface area (Å²) in [6.07, 6.45) is -1.00. The molecular formula is C18H18FNO4. The van der Waals surface area contributed by atoms with Crippen LogP contribution in [0.2, 0.25) is 0 Å². The Balaban J connectivity index is 1.91. The van der Waals surface area contributed by atoms with Gasteiger partial charge in [0.05, 0.1) is 19.2 Å². The van der Waals surface area contributed by atoms with E-state index < -0.39 is 18.0 Å². The van der Waals surface area contributed by atoms with E-state index in [1.54, 1.807) is 24.3 Å². The molecule has 5 nitrogen and oxygen atoms in total. The van der Waals surface area contributed by atoms with Gasteiger partial charge in [0.25, 0.3) is 5.91 Å². The van der Waals surface area contributed by atoms with Gasteiger partial charge in [-0.05, 0) is 36.8 Å². The Morgan fingerprint density at radius 3 is 2.46 bits per heavy atom. The van der Waals surface area contributed by atoms with Crippen LogP contribution in [0.1, 0.15) is 12.5 Å². The summed E-state index contributed by atoms with van der Waals surface area (Å²) in [6.45, 7) is 1.48. The second kappa shape index (κ2) is 8.10. The third-order valence-corrected chi connectivity index (χ3v) is 3.30. The highest BCUT2D eigenvalue weighted by molar-refractivity contribution is 5.96. The first-order chi connectivity index (χ1) is 11.5. The van der Waals surface area contributed by atoms with Crippen molar-refractivity contribution in [2.45, 2.75) is 19.4 Å². The van der Waals surface area contributed by atoms with Gasteiger partial charge in [-0.2, -0.15) is 0 Å². The average molecular weight is 331 g/mol. The summed E-state index contributed by atoms with van der Waals surface area (Å²) >= 11 is 0. The number of methoxy groups -OCH3 is 1. The summed E-state index contributed by atoms with van der Waals surface area (Å²) in [4.78, 5) is 24.0. The normalized spacial score (nSPS) is 11.5. The molecule has 1 amide bonds. The lowest BCUT2D eigenvalue weighted by Gasteiger charge is -2.15. The molecule has 0 spiro atoms. The molecule has 6 heteroatoms. The van der Waals surface area contributed by atoms with Crippen LogP contribution in [0.3, 0.4) is 0 Å². The predicted octanol–water partition coefficient (Wildman–Crippen LogP) is 2.95. The van der Waals surface area contributed by atoms with Gasteiger partial charge in [0.15, 0.2) is 6.10 Å². The molecule has 0 aromatic heterocycles. The van der Waals surface area contributed by atoms with Gasteiger partial charge >= 0.3 is 5.97 Å². The van der Waals surface area contributed by atoms with E-state index in [1.807, 2.05) is 0 Å². The van der Waals surface area contributed by atoms with E-state index in [-0.39, 0.29) is 12.2 Å². The summed E-state index contributed by atoms with van der Waals surface area (Å²) in [5.41, 5.74) is 1.10. The third kappa shape index (κ3) is 4.81. The van der Waals surface area contributed by atoms with Crippen LogP contribution in [0.5, 0.6) is 5.75 Å². The van der Waals surface area contributed by atoms with E-state index in [0.29, 0.717) is 17.0 Å². The van der Waals surface area contributed by atoms with E-state index in [0.717, 1.165) is 0 Å². The summed E-state index contributed by atoms with van der Waals surface area (Å²) in [7, 11) is 1.50. The number of para-hydroxylation sites is 2. The quantitative estimate of drug-likeness (QED) is 0.827. The maximum absolute atomic E-state index is 12.8. The standard InChI is InChI=1S/C18H18FNO4/c1-12(18(22)20-15-5-3-4-6-16(15)23-2)24-17(21)11-13-7-9-14(19)10-8-13/h3-10,12H,11H2,1-2H3,(H,20,22)/t12-/m1/s1. The molecule has 0 saturated heterocycles. The fraction of sp³-hybridized carbons (Fsp3) is 0.222. The maximum Gasteiger partial charge on any atom is 0.311 e. The van der Waals surface area contributed by atoms with Crippen LogP contribution in [0.15, 0.2) is 48.5 Å². The van der Waals surface area contributed by atoms with Crippen LogP contribution in [-0.4, -0.2) is 25.1 Å². The van der Waals surface area contributed by atoms with Gasteiger partial charge in [-0.1, -0.05) is 24.3 Å². The molecule has 1 N–H and O–H groups in total. The number of benzene rings is 2. The number of carbonyl (C=O) groups excluding carboxylic acids is 2. The molecular weight excluding hydrogens is 313 g/mol. The first kappa shape index (κ1) is 17.5. The van der Waals surface area contributed by atoms with Crippen LogP contribution < -0.4 is 10.1 Å². The number of nitrogens with one attached hydrogen (secondary N) is 1. The van der Waals surface area contributed by atoms with Crippen LogP contribution in [-0.2, 0) is 20.7 Å². The molecule has 0 heterocycles. The van der Waals surface area contributed by atoms with Crippen LogP contribution in [0.25, 0.3) is 0 Å². The fourth-order valence-corrected chi connectivity index (χ4v) is 2.04. The number of anilines is 1. The number of rotatable bonds is 6. The third-order valence-electron chi connectivity index (χ3n) is 3.30. The molecule has 2 aromatic carbocycles. The van der Waals surface area contributed by atoms with Crippen molar-refractivity contribution < 1.29 is 23.5 Å². The molecule has 0 fully saturated rings. The molecule has 0 bridgehead atoms. The lowest BCUT2D eigenvalue weighted by atomic mass is 10.1. The van der Waals surface area contributed by atoms with E-state index >= 15 is 0 Å². The van der Waals surface area contributed by atoms with Crippen molar-refractivity contribution in [1.82, 2.24) is 0 Å². The lowest BCUT2D eigenvalue weighted by molar-refractivity contribution is -0.152. The highest BCUT2D eigenvalue weighted by Crippen LogP contribution is 2.23. The molecule has 1 atom stereocenters. The summed E-state index contributed by atoms with van der Waals surface area (Å²) < 4.78 is 23.1. The van der Waals surface area contributed by atoms with Crippen molar-refractivity contribution in [2.75, 3.05) is 12.4 Å². The zero-order chi connectivity index (χ0) is 17.5. The van der Waals surface area contributed by atoms with Gasteiger partial charge < -0.3 is 14.8 Å². The molecule has 126 valence electrons. The van der Waals surface area contributed by atoms with Crippen molar-refractivity contribution in [1.29, 1.82) is 0 Å². The SMILES string of the molecule is COc1ccccc1NC(=O)[C@@H](C)OC(=O)Cc1ccc(F)cc1. The smallest absolute Gasteiger partial charge is 0.311 e. The monoisotopic (exact) mass is 331 g/mol. The van der Waals surface area contributed by atoms with E-state index in [9.17, 15) is 14.0 Å². The van der Waals surface area contributed by atoms with E-state index in [2.05, 4.69) is 5.32 Å². The van der Waals surface area contributed by atoms with Gasteiger partial charge in [-0.15, -0.1) is 0 Å². The molecule has 0 radical (unpaired) electrons. The molecule has 24 heavy (non-hydrogen) atoms. The number of hydrogen-bond donors (Lipinski definition) is 1. The molecule has 2 aromatic rings. The predicted molar refractivity (Wildman–Crippen MR) is 87.3 cm³/mol. The van der Waals surface area contributed by atoms with Gasteiger partial charge in [-0.25, -0.2) is 4.39 Å². The fourth-order valence-electron chi connectivity index (χ4n) is 2.04. The number of esters is 1. The average Bonchev–Trinajstić information content (AvgIpc) is 2.57. The van der Waals surface area contributed by atoms with Gasteiger partial charge in [-0.3, -0.25) is 9.59 Å². The first-order valence-electron chi connectivity index (χ1n) is 7.37. The molecule has 0 aliphatic carbocycles. The number of hydrogen-bond acceptors (Lipinski definition) is 4. The Kier molecular flexibility index (Phi) is 5.89. The van der Waals surface area contributed by atoms with Crippen LogP contribution in [0, 0.1) is 5.82 Å². The number of ether oxygens (including phenoxy) is 2. The number of halogens is 1.